The van der Waals surface area contributed by atoms with Gasteiger partial charge in [0.25, 0.3) is 5.91 Å². The average Bonchev–Trinajstić information content (AvgIpc) is 2.49. The van der Waals surface area contributed by atoms with Gasteiger partial charge in [0.15, 0.2) is 0 Å². The van der Waals surface area contributed by atoms with E-state index in [1.165, 1.54) is 6.20 Å². The van der Waals surface area contributed by atoms with Crippen molar-refractivity contribution in [2.24, 2.45) is 7.05 Å². The molecule has 0 spiro atoms. The number of rotatable bonds is 3. The first kappa shape index (κ1) is 9.97. The van der Waals surface area contributed by atoms with Crippen molar-refractivity contribution in [1.29, 1.82) is 0 Å². The number of hydrogen-bond donors (Lipinski definition) is 2. The monoisotopic (exact) mass is 195 g/mol. The number of carboxylic acid groups (broad SMARTS) is 1. The number of aliphatic carboxylic acids is 1. The highest BCUT2D eigenvalue weighted by atomic mass is 16.4. The van der Waals surface area contributed by atoms with E-state index < -0.39 is 11.9 Å². The Balaban J connectivity index is 2.58. The molecule has 1 aromatic heterocycles. The molecule has 0 aliphatic rings. The Hall–Kier alpha value is -2.11. The Morgan fingerprint density at radius 3 is 2.79 bits per heavy atom. The number of anilines is 1. The quantitative estimate of drug-likeness (QED) is 0.665. The van der Waals surface area contributed by atoms with E-state index in [1.54, 1.807) is 17.8 Å². The van der Waals surface area contributed by atoms with Crippen molar-refractivity contribution in [2.75, 3.05) is 5.32 Å². The molecule has 6 nitrogen and oxygen atoms in total. The second-order valence-electron chi connectivity index (χ2n) is 2.52. The molecule has 0 unspecified atom stereocenters. The van der Waals surface area contributed by atoms with Crippen molar-refractivity contribution in [3.05, 3.63) is 24.5 Å². The SMILES string of the molecule is Cn1ccnc1NC(=O)/C=C/C(=O)O. The summed E-state index contributed by atoms with van der Waals surface area (Å²) in [4.78, 5) is 25.0. The van der Waals surface area contributed by atoms with Gasteiger partial charge >= 0.3 is 5.97 Å². The third kappa shape index (κ3) is 2.74. The zero-order valence-electron chi connectivity index (χ0n) is 7.47. The molecular formula is C8H9N3O3. The van der Waals surface area contributed by atoms with Crippen LogP contribution in [0.15, 0.2) is 24.5 Å². The summed E-state index contributed by atoms with van der Waals surface area (Å²) < 4.78 is 1.60. The number of nitrogens with zero attached hydrogens (tertiary/aromatic N) is 2. The second-order valence-corrected chi connectivity index (χ2v) is 2.52. The van der Waals surface area contributed by atoms with Gasteiger partial charge in [-0.15, -0.1) is 0 Å². The van der Waals surface area contributed by atoms with E-state index in [-0.39, 0.29) is 0 Å². The zero-order valence-corrected chi connectivity index (χ0v) is 7.47. The molecule has 1 aromatic rings. The van der Waals surface area contributed by atoms with Gasteiger partial charge in [-0.05, 0) is 0 Å². The molecule has 0 atom stereocenters. The maximum atomic E-state index is 11.1. The minimum atomic E-state index is -1.17. The fourth-order valence-electron chi connectivity index (χ4n) is 0.785. The van der Waals surface area contributed by atoms with Gasteiger partial charge in [-0.25, -0.2) is 9.78 Å². The Kier molecular flexibility index (Phi) is 3.01. The molecule has 0 saturated heterocycles. The number of nitrogens with one attached hydrogen (secondary N) is 1. The van der Waals surface area contributed by atoms with Gasteiger partial charge in [0.05, 0.1) is 0 Å². The molecule has 0 radical (unpaired) electrons. The first-order chi connectivity index (χ1) is 6.59. The first-order valence-corrected chi connectivity index (χ1v) is 3.79. The van der Waals surface area contributed by atoms with E-state index in [2.05, 4.69) is 10.3 Å². The minimum Gasteiger partial charge on any atom is -0.478 e. The van der Waals surface area contributed by atoms with E-state index in [9.17, 15) is 9.59 Å². The van der Waals surface area contributed by atoms with Crippen LogP contribution in [-0.2, 0) is 16.6 Å². The Morgan fingerprint density at radius 2 is 2.29 bits per heavy atom. The lowest BCUT2D eigenvalue weighted by atomic mass is 10.5. The highest BCUT2D eigenvalue weighted by Gasteiger charge is 2.02. The number of aromatic nitrogens is 2. The van der Waals surface area contributed by atoms with E-state index in [4.69, 9.17) is 5.11 Å². The number of hydrogen-bond acceptors (Lipinski definition) is 3. The van der Waals surface area contributed by atoms with Gasteiger partial charge in [0.1, 0.15) is 0 Å². The molecule has 0 fully saturated rings. The van der Waals surface area contributed by atoms with E-state index in [0.717, 1.165) is 12.2 Å². The molecule has 0 aliphatic heterocycles. The summed E-state index contributed by atoms with van der Waals surface area (Å²) >= 11 is 0. The van der Waals surface area contributed by atoms with Gasteiger partial charge in [-0.1, -0.05) is 0 Å². The molecule has 1 heterocycles. The summed E-state index contributed by atoms with van der Waals surface area (Å²) in [5.74, 6) is -1.33. The van der Waals surface area contributed by atoms with Crippen LogP contribution in [0.2, 0.25) is 0 Å². The Labute approximate surface area is 79.9 Å². The summed E-state index contributed by atoms with van der Waals surface area (Å²) in [6, 6.07) is 0. The maximum absolute atomic E-state index is 11.1. The van der Waals surface area contributed by atoms with Crippen LogP contribution in [0, 0.1) is 0 Å². The standard InChI is InChI=1S/C8H9N3O3/c1-11-5-4-9-8(11)10-6(12)2-3-7(13)14/h2-5H,1H3,(H,13,14)(H,9,10,12)/b3-2+. The van der Waals surface area contributed by atoms with Crippen molar-refractivity contribution in [2.45, 2.75) is 0 Å². The van der Waals surface area contributed by atoms with Crippen LogP contribution in [0.5, 0.6) is 0 Å². The van der Waals surface area contributed by atoms with Crippen LogP contribution in [0.25, 0.3) is 0 Å². The van der Waals surface area contributed by atoms with Crippen molar-refractivity contribution < 1.29 is 14.7 Å². The predicted molar refractivity (Wildman–Crippen MR) is 48.6 cm³/mol. The molecule has 1 rings (SSSR count). The van der Waals surface area contributed by atoms with Crippen molar-refractivity contribution >= 4 is 17.8 Å². The fraction of sp³-hybridized carbons (Fsp3) is 0.125. The van der Waals surface area contributed by atoms with E-state index in [1.807, 2.05) is 0 Å². The van der Waals surface area contributed by atoms with Crippen LogP contribution in [0.3, 0.4) is 0 Å². The molecule has 14 heavy (non-hydrogen) atoms. The Bertz CT molecular complexity index is 381. The lowest BCUT2D eigenvalue weighted by molar-refractivity contribution is -0.131. The van der Waals surface area contributed by atoms with Crippen molar-refractivity contribution in [1.82, 2.24) is 9.55 Å². The zero-order chi connectivity index (χ0) is 10.6. The minimum absolute atomic E-state index is 0.366. The predicted octanol–water partition coefficient (Wildman–Crippen LogP) is -0.000600. The van der Waals surface area contributed by atoms with Gasteiger partial charge in [-0.2, -0.15) is 0 Å². The topological polar surface area (TPSA) is 84.2 Å². The largest absolute Gasteiger partial charge is 0.478 e. The summed E-state index contributed by atoms with van der Waals surface area (Å²) in [6.45, 7) is 0. The number of amides is 1. The number of imidazole rings is 1. The third-order valence-corrected chi connectivity index (χ3v) is 1.43. The lowest BCUT2D eigenvalue weighted by Crippen LogP contribution is -2.12. The number of carbonyl (C=O) groups is 2. The molecule has 0 saturated carbocycles. The molecule has 0 aliphatic carbocycles. The summed E-state index contributed by atoms with van der Waals surface area (Å²) in [6.07, 6.45) is 4.88. The van der Waals surface area contributed by atoms with Crippen molar-refractivity contribution in [3.8, 4) is 0 Å². The van der Waals surface area contributed by atoms with Crippen molar-refractivity contribution in [3.63, 3.8) is 0 Å². The molecular weight excluding hydrogens is 186 g/mol. The number of carbonyl (C=O) groups excluding carboxylic acids is 1. The lowest BCUT2D eigenvalue weighted by Gasteiger charge is -2.00. The average molecular weight is 195 g/mol. The van der Waals surface area contributed by atoms with Crippen LogP contribution in [0.4, 0.5) is 5.95 Å². The summed E-state index contributed by atoms with van der Waals surface area (Å²) in [7, 11) is 1.71. The molecule has 0 bridgehead atoms. The number of carboxylic acids is 1. The van der Waals surface area contributed by atoms with Gasteiger partial charge < -0.3 is 9.67 Å². The molecule has 0 aromatic carbocycles. The van der Waals surface area contributed by atoms with Gasteiger partial charge in [-0.3, -0.25) is 10.1 Å². The van der Waals surface area contributed by atoms with Crippen LogP contribution in [0.1, 0.15) is 0 Å². The fourth-order valence-corrected chi connectivity index (χ4v) is 0.785. The summed E-state index contributed by atoms with van der Waals surface area (Å²) in [5.41, 5.74) is 0. The Morgan fingerprint density at radius 1 is 1.57 bits per heavy atom. The van der Waals surface area contributed by atoms with Gasteiger partial charge in [0.2, 0.25) is 5.95 Å². The molecule has 2 N–H and O–H groups in total. The second kappa shape index (κ2) is 4.22. The molecule has 6 heteroatoms. The molecule has 74 valence electrons. The third-order valence-electron chi connectivity index (χ3n) is 1.43. The van der Waals surface area contributed by atoms with E-state index in [0.29, 0.717) is 5.95 Å². The summed E-state index contributed by atoms with van der Waals surface area (Å²) in [5, 5.41) is 10.7. The van der Waals surface area contributed by atoms with E-state index >= 15 is 0 Å². The maximum Gasteiger partial charge on any atom is 0.328 e. The normalized spacial score (nSPS) is 10.4. The molecule has 1 amide bonds. The highest BCUT2D eigenvalue weighted by molar-refractivity contribution is 6.01. The van der Waals surface area contributed by atoms with Crippen LogP contribution in [-0.4, -0.2) is 26.5 Å². The highest BCUT2D eigenvalue weighted by Crippen LogP contribution is 2.00. The number of aryl methyl sites for hydroxylation is 1. The first-order valence-electron chi connectivity index (χ1n) is 3.79. The van der Waals surface area contributed by atoms with Crippen LogP contribution >= 0.6 is 0 Å². The van der Waals surface area contributed by atoms with Crippen LogP contribution < -0.4 is 5.32 Å². The van der Waals surface area contributed by atoms with Gasteiger partial charge in [0, 0.05) is 31.6 Å². The smallest absolute Gasteiger partial charge is 0.328 e.